The lowest BCUT2D eigenvalue weighted by molar-refractivity contribution is -0.384. The van der Waals surface area contributed by atoms with E-state index in [9.17, 15) is 10.1 Å². The van der Waals surface area contributed by atoms with Crippen molar-refractivity contribution in [1.82, 2.24) is 14.1 Å². The maximum absolute atomic E-state index is 11.9. The minimum absolute atomic E-state index is 0.103. The summed E-state index contributed by atoms with van der Waals surface area (Å²) in [6.45, 7) is 1.29. The van der Waals surface area contributed by atoms with Gasteiger partial charge in [-0.05, 0) is 40.5 Å². The zero-order valence-corrected chi connectivity index (χ0v) is 19.4. The summed E-state index contributed by atoms with van der Waals surface area (Å²) in [5, 5.41) is 13.9. The second kappa shape index (κ2) is 9.03. The van der Waals surface area contributed by atoms with E-state index in [1.54, 1.807) is 6.20 Å². The van der Waals surface area contributed by atoms with Crippen molar-refractivity contribution in [3.05, 3.63) is 117 Å². The van der Waals surface area contributed by atoms with Gasteiger partial charge in [0.25, 0.3) is 5.69 Å². The van der Waals surface area contributed by atoms with E-state index in [-0.39, 0.29) is 10.6 Å². The van der Waals surface area contributed by atoms with Crippen LogP contribution in [0.5, 0.6) is 0 Å². The first-order valence-corrected chi connectivity index (χ1v) is 11.4. The normalized spacial score (nSPS) is 11.2. The number of nitrogens with zero attached hydrogens (tertiary/aromatic N) is 4. The molecule has 6 nitrogen and oxygen atoms in total. The smallest absolute Gasteiger partial charge is 0.294 e. The fraction of sp³-hybridized carbons (Fsp3) is 0.115. The summed E-state index contributed by atoms with van der Waals surface area (Å²) in [7, 11) is 0. The highest BCUT2D eigenvalue weighted by molar-refractivity contribution is 9.10. The average Bonchev–Trinajstić information content (AvgIpc) is 3.44. The van der Waals surface area contributed by atoms with Gasteiger partial charge in [0.2, 0.25) is 0 Å². The molecule has 0 aliphatic heterocycles. The molecule has 164 valence electrons. The first-order chi connectivity index (χ1) is 16.1. The minimum Gasteiger partial charge on any atom is -0.341 e. The fourth-order valence-electron chi connectivity index (χ4n) is 4.21. The van der Waals surface area contributed by atoms with Crippen molar-refractivity contribution in [3.63, 3.8) is 0 Å². The third kappa shape index (κ3) is 4.45. The summed E-state index contributed by atoms with van der Waals surface area (Å²) in [5.74, 6) is 0. The molecule has 0 N–H and O–H groups in total. The van der Waals surface area contributed by atoms with Gasteiger partial charge in [0.15, 0.2) is 0 Å². The number of nitro groups is 1. The van der Waals surface area contributed by atoms with E-state index in [0.717, 1.165) is 39.5 Å². The highest BCUT2D eigenvalue weighted by Gasteiger charge is 2.21. The molecule has 0 amide bonds. The predicted molar refractivity (Wildman–Crippen MR) is 133 cm³/mol. The van der Waals surface area contributed by atoms with Crippen LogP contribution in [-0.2, 0) is 19.5 Å². The van der Waals surface area contributed by atoms with Crippen molar-refractivity contribution in [2.45, 2.75) is 19.5 Å². The number of imidazole rings is 1. The van der Waals surface area contributed by atoms with Crippen LogP contribution in [0.25, 0.3) is 21.9 Å². The molecule has 0 atom stereocenters. The SMILES string of the molecule is O=[N+]([O-])c1cn(Cc2cncn2CCc2cccc(Br)c2)cc1-c1cccc2ccccc12. The van der Waals surface area contributed by atoms with Crippen LogP contribution >= 0.6 is 15.9 Å². The van der Waals surface area contributed by atoms with E-state index in [2.05, 4.69) is 37.6 Å². The van der Waals surface area contributed by atoms with E-state index in [4.69, 9.17) is 0 Å². The third-order valence-electron chi connectivity index (χ3n) is 5.81. The Morgan fingerprint density at radius 2 is 1.79 bits per heavy atom. The van der Waals surface area contributed by atoms with Gasteiger partial charge in [-0.2, -0.15) is 0 Å². The van der Waals surface area contributed by atoms with E-state index in [1.807, 2.05) is 77.9 Å². The fourth-order valence-corrected chi connectivity index (χ4v) is 4.66. The number of hydrogen-bond acceptors (Lipinski definition) is 3. The zero-order valence-electron chi connectivity index (χ0n) is 17.8. The molecule has 0 radical (unpaired) electrons. The van der Waals surface area contributed by atoms with Crippen molar-refractivity contribution in [1.29, 1.82) is 0 Å². The lowest BCUT2D eigenvalue weighted by Crippen LogP contribution is -2.07. The number of aromatic nitrogens is 3. The van der Waals surface area contributed by atoms with Gasteiger partial charge < -0.3 is 9.13 Å². The van der Waals surface area contributed by atoms with Crippen molar-refractivity contribution in [2.75, 3.05) is 0 Å². The zero-order chi connectivity index (χ0) is 22.8. The maximum atomic E-state index is 11.9. The summed E-state index contributed by atoms with van der Waals surface area (Å²) in [6, 6.07) is 22.1. The van der Waals surface area contributed by atoms with Crippen LogP contribution in [0, 0.1) is 10.1 Å². The van der Waals surface area contributed by atoms with Crippen molar-refractivity contribution < 1.29 is 4.92 Å². The molecule has 0 fully saturated rings. The van der Waals surface area contributed by atoms with Crippen molar-refractivity contribution in [3.8, 4) is 11.1 Å². The number of hydrogen-bond donors (Lipinski definition) is 0. The standard InChI is InChI=1S/C26H21BrN4O2/c27-21-8-3-5-19(13-21)11-12-30-18-28-14-22(30)15-29-16-25(26(17-29)31(32)33)24-10-4-7-20-6-1-2-9-23(20)24/h1-10,13-14,16-18H,11-12,15H2. The Hall–Kier alpha value is -3.71. The molecule has 7 heteroatoms. The first-order valence-electron chi connectivity index (χ1n) is 10.6. The van der Waals surface area contributed by atoms with Gasteiger partial charge in [-0.3, -0.25) is 10.1 Å². The second-order valence-corrected chi connectivity index (χ2v) is 8.89. The first kappa shape index (κ1) is 21.2. The molecule has 0 aliphatic carbocycles. The molecule has 5 aromatic rings. The summed E-state index contributed by atoms with van der Waals surface area (Å²) in [5.41, 5.74) is 3.82. The minimum atomic E-state index is -0.307. The summed E-state index contributed by atoms with van der Waals surface area (Å²) in [6.07, 6.45) is 7.99. The Morgan fingerprint density at radius 3 is 2.64 bits per heavy atom. The summed E-state index contributed by atoms with van der Waals surface area (Å²) < 4.78 is 5.04. The third-order valence-corrected chi connectivity index (χ3v) is 6.30. The quantitative estimate of drug-likeness (QED) is 0.190. The van der Waals surface area contributed by atoms with Gasteiger partial charge in [-0.1, -0.05) is 70.5 Å². The molecular weight excluding hydrogens is 480 g/mol. The summed E-state index contributed by atoms with van der Waals surface area (Å²) in [4.78, 5) is 15.9. The lowest BCUT2D eigenvalue weighted by atomic mass is 9.99. The largest absolute Gasteiger partial charge is 0.341 e. The Balaban J connectivity index is 1.44. The Bertz CT molecular complexity index is 1450. The van der Waals surface area contributed by atoms with Crippen LogP contribution in [0.1, 0.15) is 11.3 Å². The number of aryl methyl sites for hydroxylation is 2. The predicted octanol–water partition coefficient (Wildman–Crippen LogP) is 6.47. The van der Waals surface area contributed by atoms with E-state index < -0.39 is 0 Å². The van der Waals surface area contributed by atoms with Gasteiger partial charge in [0.05, 0.1) is 35.2 Å². The second-order valence-electron chi connectivity index (χ2n) is 7.97. The van der Waals surface area contributed by atoms with Crippen LogP contribution < -0.4 is 0 Å². The molecule has 0 spiro atoms. The van der Waals surface area contributed by atoms with E-state index >= 15 is 0 Å². The van der Waals surface area contributed by atoms with Crippen molar-refractivity contribution in [2.24, 2.45) is 0 Å². The average molecular weight is 501 g/mol. The van der Waals surface area contributed by atoms with Gasteiger partial charge in [0, 0.05) is 23.4 Å². The van der Waals surface area contributed by atoms with Gasteiger partial charge in [-0.25, -0.2) is 4.98 Å². The van der Waals surface area contributed by atoms with Crippen molar-refractivity contribution >= 4 is 32.4 Å². The molecule has 5 rings (SSSR count). The molecule has 3 aromatic carbocycles. The highest BCUT2D eigenvalue weighted by atomic mass is 79.9. The van der Waals surface area contributed by atoms with E-state index in [1.165, 1.54) is 5.56 Å². The highest BCUT2D eigenvalue weighted by Crippen LogP contribution is 2.35. The van der Waals surface area contributed by atoms with Gasteiger partial charge >= 0.3 is 0 Å². The molecule has 0 bridgehead atoms. The van der Waals surface area contributed by atoms with Crippen LogP contribution in [0.4, 0.5) is 5.69 Å². The maximum Gasteiger partial charge on any atom is 0.294 e. The number of fused-ring (bicyclic) bond motifs is 1. The molecule has 2 heterocycles. The number of rotatable bonds is 7. The van der Waals surface area contributed by atoms with Gasteiger partial charge in [-0.15, -0.1) is 0 Å². The topological polar surface area (TPSA) is 65.9 Å². The summed E-state index contributed by atoms with van der Waals surface area (Å²) >= 11 is 3.52. The molecule has 2 aromatic heterocycles. The molecule has 0 saturated heterocycles. The lowest BCUT2D eigenvalue weighted by Gasteiger charge is -2.09. The van der Waals surface area contributed by atoms with Crippen LogP contribution in [0.2, 0.25) is 0 Å². The number of benzene rings is 3. The Morgan fingerprint density at radius 1 is 0.970 bits per heavy atom. The number of halogens is 1. The Kier molecular flexibility index (Phi) is 5.79. The molecule has 0 unspecified atom stereocenters. The van der Waals surface area contributed by atoms with Gasteiger partial charge in [0.1, 0.15) is 0 Å². The van der Waals surface area contributed by atoms with Crippen LogP contribution in [0.15, 0.2) is 96.1 Å². The molecule has 33 heavy (non-hydrogen) atoms. The molecule has 0 aliphatic rings. The van der Waals surface area contributed by atoms with Crippen LogP contribution in [0.3, 0.4) is 0 Å². The van der Waals surface area contributed by atoms with E-state index in [0.29, 0.717) is 12.1 Å². The van der Waals surface area contributed by atoms with Crippen LogP contribution in [-0.4, -0.2) is 19.0 Å². The molecule has 0 saturated carbocycles. The Labute approximate surface area is 199 Å². The monoisotopic (exact) mass is 500 g/mol. The molecular formula is C26H21BrN4O2.